The molecule has 0 radical (unpaired) electrons. The number of methoxy groups -OCH3 is 1. The molecule has 30 heavy (non-hydrogen) atoms. The summed E-state index contributed by atoms with van der Waals surface area (Å²) in [6.45, 7) is 5.47. The molecule has 0 saturated carbocycles. The molecule has 166 valence electrons. The standard InChI is InChI=1S/C20H26N4O4.2ClH/c1-12(2)19(21)20(26)23-11-17(25)24-14-6-8-18(22-10-14)28-15-7-5-13(3)9-16(15)27-4;;/h5-10,12,19H,11,21H2,1-4H3,(H,23,26)(H,24,25);2*1H/t19-;;/m0../s1. The number of nitrogens with one attached hydrogen (secondary N) is 2. The Morgan fingerprint density at radius 1 is 1.13 bits per heavy atom. The minimum Gasteiger partial charge on any atom is -0.493 e. The van der Waals surface area contributed by atoms with E-state index in [1.54, 1.807) is 25.3 Å². The Labute approximate surface area is 188 Å². The number of amides is 2. The smallest absolute Gasteiger partial charge is 0.243 e. The number of halogens is 2. The molecule has 0 bridgehead atoms. The van der Waals surface area contributed by atoms with Gasteiger partial charge in [0.1, 0.15) is 0 Å². The zero-order valence-electron chi connectivity index (χ0n) is 17.3. The Morgan fingerprint density at radius 2 is 1.83 bits per heavy atom. The van der Waals surface area contributed by atoms with Crippen LogP contribution in [-0.4, -0.2) is 36.5 Å². The van der Waals surface area contributed by atoms with Crippen molar-refractivity contribution >= 4 is 42.3 Å². The Bertz CT molecular complexity index is 832. The molecule has 1 aromatic heterocycles. The van der Waals surface area contributed by atoms with Gasteiger partial charge in [0.05, 0.1) is 31.6 Å². The summed E-state index contributed by atoms with van der Waals surface area (Å²) < 4.78 is 11.0. The molecule has 0 fully saturated rings. The second-order valence-corrected chi connectivity index (χ2v) is 6.68. The Kier molecular flexibility index (Phi) is 11.8. The zero-order chi connectivity index (χ0) is 20.7. The molecule has 0 saturated heterocycles. The lowest BCUT2D eigenvalue weighted by atomic mass is 10.1. The number of nitrogens with zero attached hydrogens (tertiary/aromatic N) is 1. The van der Waals surface area contributed by atoms with E-state index < -0.39 is 6.04 Å². The topological polar surface area (TPSA) is 116 Å². The van der Waals surface area contributed by atoms with Gasteiger partial charge < -0.3 is 25.8 Å². The van der Waals surface area contributed by atoms with E-state index in [-0.39, 0.29) is 49.1 Å². The molecule has 0 aliphatic carbocycles. The number of carbonyl (C=O) groups is 2. The van der Waals surface area contributed by atoms with Crippen molar-refractivity contribution in [3.63, 3.8) is 0 Å². The summed E-state index contributed by atoms with van der Waals surface area (Å²) in [5, 5.41) is 5.16. The third kappa shape index (κ3) is 8.06. The fourth-order valence-electron chi connectivity index (χ4n) is 2.28. The van der Waals surface area contributed by atoms with Crippen molar-refractivity contribution in [1.82, 2.24) is 10.3 Å². The quantitative estimate of drug-likeness (QED) is 0.559. The molecule has 2 aromatic rings. The van der Waals surface area contributed by atoms with Gasteiger partial charge in [0.25, 0.3) is 0 Å². The van der Waals surface area contributed by atoms with Crippen LogP contribution in [0.2, 0.25) is 0 Å². The zero-order valence-corrected chi connectivity index (χ0v) is 18.9. The second-order valence-electron chi connectivity index (χ2n) is 6.68. The third-order valence-corrected chi connectivity index (χ3v) is 4.00. The van der Waals surface area contributed by atoms with Gasteiger partial charge >= 0.3 is 0 Å². The molecule has 4 N–H and O–H groups in total. The van der Waals surface area contributed by atoms with Crippen LogP contribution >= 0.6 is 24.8 Å². The highest BCUT2D eigenvalue weighted by atomic mass is 35.5. The molecule has 1 heterocycles. The van der Waals surface area contributed by atoms with Crippen molar-refractivity contribution in [2.45, 2.75) is 26.8 Å². The molecule has 0 unspecified atom stereocenters. The van der Waals surface area contributed by atoms with Crippen molar-refractivity contribution in [2.24, 2.45) is 11.7 Å². The number of carbonyl (C=O) groups excluding carboxylic acids is 2. The molecule has 10 heteroatoms. The maximum Gasteiger partial charge on any atom is 0.243 e. The van der Waals surface area contributed by atoms with Crippen molar-refractivity contribution in [2.75, 3.05) is 19.0 Å². The summed E-state index contributed by atoms with van der Waals surface area (Å²) in [5.74, 6) is 0.762. The molecule has 2 amide bonds. The summed E-state index contributed by atoms with van der Waals surface area (Å²) in [6.07, 6.45) is 1.47. The Hall–Kier alpha value is -2.55. The van der Waals surface area contributed by atoms with Gasteiger partial charge in [0.15, 0.2) is 11.5 Å². The fraction of sp³-hybridized carbons (Fsp3) is 0.350. The lowest BCUT2D eigenvalue weighted by Gasteiger charge is -2.15. The van der Waals surface area contributed by atoms with E-state index in [0.717, 1.165) is 5.56 Å². The number of anilines is 1. The molecule has 8 nitrogen and oxygen atoms in total. The Balaban J connectivity index is 0.00000420. The number of hydrogen-bond donors (Lipinski definition) is 3. The van der Waals surface area contributed by atoms with Gasteiger partial charge in [-0.3, -0.25) is 9.59 Å². The molecule has 1 atom stereocenters. The molecule has 2 rings (SSSR count). The van der Waals surface area contributed by atoms with Gasteiger partial charge in [-0.1, -0.05) is 19.9 Å². The summed E-state index contributed by atoms with van der Waals surface area (Å²) in [4.78, 5) is 27.9. The van der Waals surface area contributed by atoms with Crippen LogP contribution < -0.4 is 25.8 Å². The van der Waals surface area contributed by atoms with Gasteiger partial charge in [-0.15, -0.1) is 24.8 Å². The number of hydrogen-bond acceptors (Lipinski definition) is 6. The van der Waals surface area contributed by atoms with Gasteiger partial charge in [0, 0.05) is 6.07 Å². The lowest BCUT2D eigenvalue weighted by molar-refractivity contribution is -0.125. The first-order valence-electron chi connectivity index (χ1n) is 8.92. The number of nitrogens with two attached hydrogens (primary N) is 1. The van der Waals surface area contributed by atoms with E-state index in [4.69, 9.17) is 15.2 Å². The maximum absolute atomic E-state index is 12.0. The minimum atomic E-state index is -0.648. The van der Waals surface area contributed by atoms with Gasteiger partial charge in [0.2, 0.25) is 17.7 Å². The largest absolute Gasteiger partial charge is 0.493 e. The van der Waals surface area contributed by atoms with Crippen molar-refractivity contribution < 1.29 is 19.1 Å². The van der Waals surface area contributed by atoms with Crippen LogP contribution in [0, 0.1) is 12.8 Å². The van der Waals surface area contributed by atoms with Crippen molar-refractivity contribution in [3.05, 3.63) is 42.1 Å². The highest BCUT2D eigenvalue weighted by Crippen LogP contribution is 2.31. The monoisotopic (exact) mass is 458 g/mol. The number of pyridine rings is 1. The van der Waals surface area contributed by atoms with Crippen LogP contribution in [0.3, 0.4) is 0 Å². The Morgan fingerprint density at radius 3 is 2.40 bits per heavy atom. The molecule has 0 spiro atoms. The molecular weight excluding hydrogens is 431 g/mol. The highest BCUT2D eigenvalue weighted by Gasteiger charge is 2.17. The maximum atomic E-state index is 12.0. The van der Waals surface area contributed by atoms with E-state index in [1.807, 2.05) is 32.9 Å². The van der Waals surface area contributed by atoms with Crippen molar-refractivity contribution in [3.8, 4) is 17.4 Å². The first kappa shape index (κ1) is 27.5. The third-order valence-electron chi connectivity index (χ3n) is 4.00. The molecule has 1 aromatic carbocycles. The van der Waals surface area contributed by atoms with Crippen LogP contribution in [-0.2, 0) is 9.59 Å². The SMILES string of the molecule is COc1cc(C)ccc1Oc1ccc(NC(=O)CNC(=O)[C@@H](N)C(C)C)cn1.Cl.Cl. The van der Waals surface area contributed by atoms with Crippen LogP contribution in [0.1, 0.15) is 19.4 Å². The summed E-state index contributed by atoms with van der Waals surface area (Å²) in [5.41, 5.74) is 7.27. The first-order valence-corrected chi connectivity index (χ1v) is 8.92. The predicted octanol–water partition coefficient (Wildman–Crippen LogP) is 3.07. The van der Waals surface area contributed by atoms with Gasteiger partial charge in [-0.25, -0.2) is 4.98 Å². The summed E-state index contributed by atoms with van der Waals surface area (Å²) >= 11 is 0. The number of benzene rings is 1. The van der Waals surface area contributed by atoms with E-state index in [2.05, 4.69) is 15.6 Å². The van der Waals surface area contributed by atoms with Gasteiger partial charge in [-0.2, -0.15) is 0 Å². The highest BCUT2D eigenvalue weighted by molar-refractivity contribution is 5.95. The van der Waals surface area contributed by atoms with Gasteiger partial charge in [-0.05, 0) is 36.6 Å². The number of rotatable bonds is 8. The van der Waals surface area contributed by atoms with Crippen molar-refractivity contribution in [1.29, 1.82) is 0 Å². The average Bonchev–Trinajstić information content (AvgIpc) is 2.68. The lowest BCUT2D eigenvalue weighted by Crippen LogP contribution is -2.46. The molecular formula is C20H28Cl2N4O4. The fourth-order valence-corrected chi connectivity index (χ4v) is 2.28. The number of ether oxygens (including phenoxy) is 2. The number of aromatic nitrogens is 1. The van der Waals surface area contributed by atoms with E-state index in [1.165, 1.54) is 6.20 Å². The summed E-state index contributed by atoms with van der Waals surface area (Å²) in [7, 11) is 1.57. The normalized spacial score (nSPS) is 10.9. The van der Waals surface area contributed by atoms with E-state index in [0.29, 0.717) is 23.1 Å². The van der Waals surface area contributed by atoms with E-state index in [9.17, 15) is 9.59 Å². The summed E-state index contributed by atoms with van der Waals surface area (Å²) in [6, 6.07) is 8.21. The molecule has 0 aliphatic heterocycles. The second kappa shape index (κ2) is 12.9. The van der Waals surface area contributed by atoms with Crippen LogP contribution in [0.25, 0.3) is 0 Å². The van der Waals surface area contributed by atoms with E-state index >= 15 is 0 Å². The predicted molar refractivity (Wildman–Crippen MR) is 121 cm³/mol. The van der Waals surface area contributed by atoms with Crippen LogP contribution in [0.4, 0.5) is 5.69 Å². The average molecular weight is 459 g/mol. The van der Waals surface area contributed by atoms with Crippen LogP contribution in [0.5, 0.6) is 17.4 Å². The number of aryl methyl sites for hydroxylation is 1. The first-order chi connectivity index (χ1) is 13.3. The minimum absolute atomic E-state index is 0. The van der Waals surface area contributed by atoms with Crippen LogP contribution in [0.15, 0.2) is 36.5 Å². The molecule has 0 aliphatic rings.